The second-order valence-corrected chi connectivity index (χ2v) is 7.35. The summed E-state index contributed by atoms with van der Waals surface area (Å²) in [5.74, 6) is 1.39. The normalized spacial score (nSPS) is 18.3. The first-order valence-electron chi connectivity index (χ1n) is 10.2. The number of aliphatic hydroxyl groups is 1. The van der Waals surface area contributed by atoms with E-state index in [9.17, 15) is 5.11 Å². The lowest BCUT2D eigenvalue weighted by molar-refractivity contribution is 0.00867. The Labute approximate surface area is 164 Å². The van der Waals surface area contributed by atoms with Crippen LogP contribution in [0.1, 0.15) is 32.3 Å². The molecule has 6 heteroatoms. The van der Waals surface area contributed by atoms with Crippen molar-refractivity contribution in [2.24, 2.45) is 10.9 Å². The van der Waals surface area contributed by atoms with E-state index < -0.39 is 0 Å². The summed E-state index contributed by atoms with van der Waals surface area (Å²) >= 11 is 0. The number of guanidine groups is 1. The lowest BCUT2D eigenvalue weighted by atomic mass is 10.0. The lowest BCUT2D eigenvalue weighted by Gasteiger charge is -2.36. The van der Waals surface area contributed by atoms with Crippen molar-refractivity contribution in [3.05, 3.63) is 35.9 Å². The van der Waals surface area contributed by atoms with Gasteiger partial charge in [0.15, 0.2) is 5.96 Å². The predicted molar refractivity (Wildman–Crippen MR) is 111 cm³/mol. The minimum atomic E-state index is 0.0511. The van der Waals surface area contributed by atoms with E-state index in [-0.39, 0.29) is 12.5 Å². The number of benzene rings is 1. The Bertz CT molecular complexity index is 544. The fourth-order valence-electron chi connectivity index (χ4n) is 3.42. The van der Waals surface area contributed by atoms with Gasteiger partial charge in [0.05, 0.1) is 26.4 Å². The number of hydrogen-bond donors (Lipinski definition) is 3. The molecule has 0 amide bonds. The number of aliphatic hydroxyl groups excluding tert-OH is 1. The van der Waals surface area contributed by atoms with Crippen LogP contribution in [0.25, 0.3) is 0 Å². The van der Waals surface area contributed by atoms with E-state index in [1.807, 2.05) is 18.2 Å². The van der Waals surface area contributed by atoms with Crippen molar-refractivity contribution < 1.29 is 9.84 Å². The van der Waals surface area contributed by atoms with Crippen LogP contribution in [-0.4, -0.2) is 74.6 Å². The summed E-state index contributed by atoms with van der Waals surface area (Å²) in [6.45, 7) is 12.5. The number of ether oxygens (including phenoxy) is 1. The SMILES string of the molecule is CCNC(=NCC(C(C)C)N1CCOCC1)NCC(CO)c1ccccc1. The molecule has 2 atom stereocenters. The zero-order chi connectivity index (χ0) is 19.5. The number of nitrogens with one attached hydrogen (secondary N) is 2. The van der Waals surface area contributed by atoms with Gasteiger partial charge in [-0.3, -0.25) is 9.89 Å². The fourth-order valence-corrected chi connectivity index (χ4v) is 3.42. The van der Waals surface area contributed by atoms with Crippen LogP contribution in [0, 0.1) is 5.92 Å². The molecule has 1 fully saturated rings. The van der Waals surface area contributed by atoms with Crippen LogP contribution in [0.4, 0.5) is 0 Å². The molecule has 3 N–H and O–H groups in total. The molecule has 152 valence electrons. The van der Waals surface area contributed by atoms with Crippen LogP contribution in [0.15, 0.2) is 35.3 Å². The van der Waals surface area contributed by atoms with Crippen molar-refractivity contribution in [1.29, 1.82) is 0 Å². The molecule has 0 bridgehead atoms. The molecule has 0 saturated carbocycles. The van der Waals surface area contributed by atoms with Crippen molar-refractivity contribution in [2.45, 2.75) is 32.7 Å². The molecule has 2 rings (SSSR count). The number of morpholine rings is 1. The predicted octanol–water partition coefficient (Wildman–Crippen LogP) is 1.67. The number of nitrogens with zero attached hydrogens (tertiary/aromatic N) is 2. The maximum Gasteiger partial charge on any atom is 0.191 e. The second kappa shape index (κ2) is 12.0. The van der Waals surface area contributed by atoms with E-state index in [2.05, 4.69) is 48.4 Å². The quantitative estimate of drug-likeness (QED) is 0.452. The van der Waals surface area contributed by atoms with Crippen LogP contribution in [0.2, 0.25) is 0 Å². The van der Waals surface area contributed by atoms with Gasteiger partial charge in [-0.05, 0) is 18.4 Å². The highest BCUT2D eigenvalue weighted by Crippen LogP contribution is 2.15. The van der Waals surface area contributed by atoms with Gasteiger partial charge in [-0.1, -0.05) is 44.2 Å². The lowest BCUT2D eigenvalue weighted by Crippen LogP contribution is -2.48. The second-order valence-electron chi connectivity index (χ2n) is 7.35. The first-order chi connectivity index (χ1) is 13.2. The zero-order valence-electron chi connectivity index (χ0n) is 17.0. The summed E-state index contributed by atoms with van der Waals surface area (Å²) in [6.07, 6.45) is 0. The van der Waals surface area contributed by atoms with E-state index in [4.69, 9.17) is 9.73 Å². The summed E-state index contributed by atoms with van der Waals surface area (Å²) in [6, 6.07) is 10.5. The first-order valence-corrected chi connectivity index (χ1v) is 10.2. The van der Waals surface area contributed by atoms with E-state index >= 15 is 0 Å². The van der Waals surface area contributed by atoms with Crippen LogP contribution < -0.4 is 10.6 Å². The molecule has 1 saturated heterocycles. The van der Waals surface area contributed by atoms with Crippen molar-refractivity contribution in [1.82, 2.24) is 15.5 Å². The van der Waals surface area contributed by atoms with Gasteiger partial charge in [-0.15, -0.1) is 0 Å². The van der Waals surface area contributed by atoms with Gasteiger partial charge in [0.2, 0.25) is 0 Å². The molecule has 1 heterocycles. The molecule has 0 aromatic heterocycles. The smallest absolute Gasteiger partial charge is 0.191 e. The largest absolute Gasteiger partial charge is 0.396 e. The molecule has 0 aliphatic carbocycles. The van der Waals surface area contributed by atoms with Crippen LogP contribution >= 0.6 is 0 Å². The molecule has 1 aliphatic heterocycles. The van der Waals surface area contributed by atoms with Crippen molar-refractivity contribution in [2.75, 3.05) is 52.5 Å². The average Bonchev–Trinajstić information content (AvgIpc) is 2.70. The Kier molecular flexibility index (Phi) is 9.59. The van der Waals surface area contributed by atoms with Crippen LogP contribution in [-0.2, 0) is 4.74 Å². The Morgan fingerprint density at radius 1 is 1.19 bits per heavy atom. The van der Waals surface area contributed by atoms with Gasteiger partial charge in [-0.2, -0.15) is 0 Å². The minimum Gasteiger partial charge on any atom is -0.396 e. The van der Waals surface area contributed by atoms with Gasteiger partial charge in [0, 0.05) is 38.1 Å². The molecular formula is C21H36N4O2. The third-order valence-corrected chi connectivity index (χ3v) is 5.07. The molecule has 1 aromatic carbocycles. The third kappa shape index (κ3) is 7.13. The van der Waals surface area contributed by atoms with Gasteiger partial charge in [0.25, 0.3) is 0 Å². The number of hydrogen-bond acceptors (Lipinski definition) is 4. The zero-order valence-corrected chi connectivity index (χ0v) is 17.0. The average molecular weight is 377 g/mol. The molecule has 1 aromatic rings. The van der Waals surface area contributed by atoms with Crippen LogP contribution in [0.3, 0.4) is 0 Å². The number of rotatable bonds is 9. The standard InChI is InChI=1S/C21H36N4O2/c1-4-22-21(23-14-19(16-26)18-8-6-5-7-9-18)24-15-20(17(2)3)25-10-12-27-13-11-25/h5-9,17,19-20,26H,4,10-16H2,1-3H3,(H2,22,23,24). The molecule has 27 heavy (non-hydrogen) atoms. The van der Waals surface area contributed by atoms with Gasteiger partial charge in [-0.25, -0.2) is 0 Å². The monoisotopic (exact) mass is 376 g/mol. The Morgan fingerprint density at radius 2 is 1.89 bits per heavy atom. The molecule has 6 nitrogen and oxygen atoms in total. The minimum absolute atomic E-state index is 0.0511. The van der Waals surface area contributed by atoms with E-state index in [1.165, 1.54) is 0 Å². The Morgan fingerprint density at radius 3 is 2.48 bits per heavy atom. The fraction of sp³-hybridized carbons (Fsp3) is 0.667. The Hall–Kier alpha value is -1.63. The maximum atomic E-state index is 9.76. The molecule has 0 radical (unpaired) electrons. The van der Waals surface area contributed by atoms with Crippen LogP contribution in [0.5, 0.6) is 0 Å². The maximum absolute atomic E-state index is 9.76. The first kappa shape index (κ1) is 21.7. The van der Waals surface area contributed by atoms with Gasteiger partial charge < -0.3 is 20.5 Å². The highest BCUT2D eigenvalue weighted by molar-refractivity contribution is 5.79. The van der Waals surface area contributed by atoms with Gasteiger partial charge >= 0.3 is 0 Å². The van der Waals surface area contributed by atoms with E-state index in [1.54, 1.807) is 0 Å². The highest BCUT2D eigenvalue weighted by atomic mass is 16.5. The molecule has 2 unspecified atom stereocenters. The van der Waals surface area contributed by atoms with Crippen molar-refractivity contribution in [3.63, 3.8) is 0 Å². The molecular weight excluding hydrogens is 340 g/mol. The van der Waals surface area contributed by atoms with Crippen molar-refractivity contribution in [3.8, 4) is 0 Å². The highest BCUT2D eigenvalue weighted by Gasteiger charge is 2.23. The summed E-state index contributed by atoms with van der Waals surface area (Å²) < 4.78 is 5.49. The third-order valence-electron chi connectivity index (χ3n) is 5.07. The van der Waals surface area contributed by atoms with E-state index in [0.717, 1.165) is 50.9 Å². The topological polar surface area (TPSA) is 69.1 Å². The molecule has 0 spiro atoms. The van der Waals surface area contributed by atoms with E-state index in [0.29, 0.717) is 18.5 Å². The Balaban J connectivity index is 1.97. The summed E-state index contributed by atoms with van der Waals surface area (Å²) in [5, 5.41) is 16.5. The van der Waals surface area contributed by atoms with Crippen molar-refractivity contribution >= 4 is 5.96 Å². The van der Waals surface area contributed by atoms with Gasteiger partial charge in [0.1, 0.15) is 0 Å². The summed E-state index contributed by atoms with van der Waals surface area (Å²) in [5.41, 5.74) is 1.14. The summed E-state index contributed by atoms with van der Waals surface area (Å²) in [7, 11) is 0. The number of aliphatic imine (C=N–C) groups is 1. The molecule has 1 aliphatic rings. The summed E-state index contributed by atoms with van der Waals surface area (Å²) in [4.78, 5) is 7.33.